The minimum absolute atomic E-state index is 0.230. The van der Waals surface area contributed by atoms with E-state index in [-0.39, 0.29) is 11.1 Å². The summed E-state index contributed by atoms with van der Waals surface area (Å²) in [5.74, 6) is 0. The molecule has 0 saturated carbocycles. The lowest BCUT2D eigenvalue weighted by Gasteiger charge is -2.54. The summed E-state index contributed by atoms with van der Waals surface area (Å²) in [4.78, 5) is 0. The van der Waals surface area contributed by atoms with Crippen LogP contribution in [0, 0.1) is 5.21 Å². The lowest BCUT2D eigenvalue weighted by molar-refractivity contribution is -0.955. The van der Waals surface area contributed by atoms with Gasteiger partial charge in [0.15, 0.2) is 0 Å². The summed E-state index contributed by atoms with van der Waals surface area (Å²) in [6, 6.07) is 8.83. The van der Waals surface area contributed by atoms with Crippen molar-refractivity contribution in [1.82, 2.24) is 5.32 Å². The van der Waals surface area contributed by atoms with Crippen LogP contribution in [-0.4, -0.2) is 17.1 Å². The molecule has 1 aliphatic rings. The summed E-state index contributed by atoms with van der Waals surface area (Å²) in [6.45, 7) is 12.9. The van der Waals surface area contributed by atoms with Gasteiger partial charge in [0.05, 0.1) is 11.1 Å². The summed E-state index contributed by atoms with van der Waals surface area (Å²) in [5.41, 5.74) is 1.95. The molecule has 1 saturated heterocycles. The van der Waals surface area contributed by atoms with E-state index in [9.17, 15) is 5.21 Å². The van der Waals surface area contributed by atoms with E-state index in [1.807, 2.05) is 6.08 Å². The Morgan fingerprint density at radius 2 is 1.71 bits per heavy atom. The minimum atomic E-state index is -0.230. The Kier molecular flexibility index (Phi) is 4.57. The van der Waals surface area contributed by atoms with Gasteiger partial charge in [0.1, 0.15) is 0 Å². The molecular formula is C18H28N2O. The molecule has 1 aliphatic heterocycles. The molecule has 3 heteroatoms. The van der Waals surface area contributed by atoms with Crippen LogP contribution in [0.2, 0.25) is 0 Å². The van der Waals surface area contributed by atoms with Crippen LogP contribution < -0.4 is 10.4 Å². The Bertz CT molecular complexity index is 472. The molecule has 0 aromatic heterocycles. The van der Waals surface area contributed by atoms with Gasteiger partial charge in [0, 0.05) is 25.4 Å². The zero-order valence-corrected chi connectivity index (χ0v) is 13.7. The number of rotatable bonds is 4. The lowest BCUT2D eigenvalue weighted by Crippen LogP contribution is -3.23. The predicted octanol–water partition coefficient (Wildman–Crippen LogP) is 2.52. The number of hydrogen-bond acceptors (Lipinski definition) is 2. The molecule has 0 radical (unpaired) electrons. The van der Waals surface area contributed by atoms with Gasteiger partial charge in [0.2, 0.25) is 0 Å². The van der Waals surface area contributed by atoms with E-state index >= 15 is 0 Å². The summed E-state index contributed by atoms with van der Waals surface area (Å²) >= 11 is 0. The van der Waals surface area contributed by atoms with Gasteiger partial charge in [-0.1, -0.05) is 36.9 Å². The number of piperidine rings is 1. The van der Waals surface area contributed by atoms with Crippen molar-refractivity contribution in [3.8, 4) is 0 Å². The third-order valence-corrected chi connectivity index (χ3v) is 4.55. The molecule has 0 aliphatic carbocycles. The lowest BCUT2D eigenvalue weighted by atomic mass is 9.79. The van der Waals surface area contributed by atoms with Crippen LogP contribution in [0.1, 0.15) is 51.7 Å². The fraction of sp³-hybridized carbons (Fsp3) is 0.556. The van der Waals surface area contributed by atoms with Crippen LogP contribution in [0.25, 0.3) is 6.08 Å². The van der Waals surface area contributed by atoms with Crippen molar-refractivity contribution >= 4 is 6.08 Å². The maximum absolute atomic E-state index is 12.4. The Balaban J connectivity index is 1.98. The Morgan fingerprint density at radius 3 is 2.19 bits per heavy atom. The quantitative estimate of drug-likeness (QED) is 0.836. The first-order valence-corrected chi connectivity index (χ1v) is 7.74. The molecule has 3 nitrogen and oxygen atoms in total. The molecule has 0 spiro atoms. The fourth-order valence-corrected chi connectivity index (χ4v) is 3.58. The maximum atomic E-state index is 12.4. The summed E-state index contributed by atoms with van der Waals surface area (Å²) in [5, 5.41) is 16.4. The molecule has 1 aromatic carbocycles. The zero-order chi connectivity index (χ0) is 15.7. The molecule has 0 atom stereocenters. The molecule has 2 N–H and O–H groups in total. The minimum Gasteiger partial charge on any atom is -0.634 e. The number of hydrogen-bond donors (Lipinski definition) is 2. The molecular weight excluding hydrogens is 260 g/mol. The molecule has 2 rings (SSSR count). The van der Waals surface area contributed by atoms with E-state index in [2.05, 4.69) is 63.9 Å². The predicted molar refractivity (Wildman–Crippen MR) is 88.9 cm³/mol. The van der Waals surface area contributed by atoms with Crippen LogP contribution in [0.3, 0.4) is 0 Å². The molecule has 1 fully saturated rings. The number of hydroxylamine groups is 2. The van der Waals surface area contributed by atoms with E-state index in [1.54, 1.807) is 0 Å². The van der Waals surface area contributed by atoms with Crippen molar-refractivity contribution in [3.05, 3.63) is 47.2 Å². The van der Waals surface area contributed by atoms with Gasteiger partial charge in [-0.2, -0.15) is 0 Å². The van der Waals surface area contributed by atoms with Crippen LogP contribution in [0.5, 0.6) is 0 Å². The zero-order valence-electron chi connectivity index (χ0n) is 13.7. The smallest absolute Gasteiger partial charge is 0.0936 e. The van der Waals surface area contributed by atoms with Crippen molar-refractivity contribution in [2.75, 3.05) is 0 Å². The summed E-state index contributed by atoms with van der Waals surface area (Å²) in [6.07, 6.45) is 3.69. The average molecular weight is 288 g/mol. The highest BCUT2D eigenvalue weighted by molar-refractivity contribution is 5.47. The van der Waals surface area contributed by atoms with Crippen molar-refractivity contribution in [3.63, 3.8) is 0 Å². The average Bonchev–Trinajstić information content (AvgIpc) is 2.42. The van der Waals surface area contributed by atoms with Gasteiger partial charge in [0.25, 0.3) is 0 Å². The normalized spacial score (nSPS) is 27.3. The second-order valence-electron chi connectivity index (χ2n) is 7.53. The monoisotopic (exact) mass is 288 g/mol. The first kappa shape index (κ1) is 16.2. The largest absolute Gasteiger partial charge is 0.634 e. The van der Waals surface area contributed by atoms with Crippen LogP contribution in [0.15, 0.2) is 30.8 Å². The third kappa shape index (κ3) is 3.73. The third-order valence-electron chi connectivity index (χ3n) is 4.55. The SMILES string of the molecule is C=Cc1ccc(CNC2CC(C)(C)[NH+]([O-])C(C)(C)C2)cc1. The van der Waals surface area contributed by atoms with Crippen molar-refractivity contribution < 1.29 is 5.06 Å². The Morgan fingerprint density at radius 1 is 1.19 bits per heavy atom. The Labute approximate surface area is 128 Å². The van der Waals surface area contributed by atoms with Crippen molar-refractivity contribution in [2.24, 2.45) is 0 Å². The number of nitrogens with one attached hydrogen (secondary N) is 2. The molecule has 1 aromatic rings. The second kappa shape index (κ2) is 5.91. The first-order chi connectivity index (χ1) is 9.74. The number of quaternary nitrogens is 1. The van der Waals surface area contributed by atoms with Gasteiger partial charge in [-0.25, -0.2) is 0 Å². The summed E-state index contributed by atoms with van der Waals surface area (Å²) in [7, 11) is 0. The van der Waals surface area contributed by atoms with Crippen LogP contribution in [0.4, 0.5) is 0 Å². The molecule has 116 valence electrons. The highest BCUT2D eigenvalue weighted by Crippen LogP contribution is 2.24. The van der Waals surface area contributed by atoms with E-state index in [0.717, 1.165) is 24.9 Å². The highest BCUT2D eigenvalue weighted by Gasteiger charge is 2.44. The summed E-state index contributed by atoms with van der Waals surface area (Å²) < 4.78 is 0. The standard InChI is InChI=1S/C18H28N2O/c1-6-14-7-9-15(10-8-14)13-19-16-11-17(2,3)20(21)18(4,5)12-16/h6-10,16,19-20H,1,11-13H2,2-5H3. The van der Waals surface area contributed by atoms with Crippen LogP contribution >= 0.6 is 0 Å². The van der Waals surface area contributed by atoms with E-state index in [0.29, 0.717) is 11.1 Å². The molecule has 0 unspecified atom stereocenters. The van der Waals surface area contributed by atoms with Gasteiger partial charge in [-0.3, -0.25) is 0 Å². The van der Waals surface area contributed by atoms with E-state index in [1.165, 1.54) is 5.56 Å². The van der Waals surface area contributed by atoms with Crippen molar-refractivity contribution in [2.45, 2.75) is 64.2 Å². The topological polar surface area (TPSA) is 39.5 Å². The molecule has 0 amide bonds. The molecule has 0 bridgehead atoms. The van der Waals surface area contributed by atoms with Gasteiger partial charge in [-0.15, -0.1) is 0 Å². The van der Waals surface area contributed by atoms with Gasteiger partial charge in [-0.05, 0) is 38.8 Å². The van der Waals surface area contributed by atoms with E-state index in [4.69, 9.17) is 0 Å². The number of benzene rings is 1. The van der Waals surface area contributed by atoms with Crippen molar-refractivity contribution in [1.29, 1.82) is 0 Å². The maximum Gasteiger partial charge on any atom is 0.0936 e. The fourth-order valence-electron chi connectivity index (χ4n) is 3.58. The first-order valence-electron chi connectivity index (χ1n) is 7.74. The van der Waals surface area contributed by atoms with Crippen LogP contribution in [-0.2, 0) is 6.54 Å². The van der Waals surface area contributed by atoms with Gasteiger partial charge < -0.3 is 15.6 Å². The Hall–Kier alpha value is -1.16. The van der Waals surface area contributed by atoms with E-state index < -0.39 is 0 Å². The second-order valence-corrected chi connectivity index (χ2v) is 7.53. The highest BCUT2D eigenvalue weighted by atomic mass is 16.5. The molecule has 1 heterocycles. The molecule has 21 heavy (non-hydrogen) atoms. The van der Waals surface area contributed by atoms with Gasteiger partial charge >= 0.3 is 0 Å².